The molecule has 0 aliphatic carbocycles. The molecule has 32 heavy (non-hydrogen) atoms. The lowest BCUT2D eigenvalue weighted by atomic mass is 9.96. The standard InChI is InChI=1S/C25H30N4O2S/c1-19-7-5-6-10-22(19)18-32-16-13-26-25(30)21-11-14-29(15-12-21)17-23-27-24(28-31-23)20-8-3-2-4-9-20/h2-10,21H,11-18H2,1H3,(H,26,30). The summed E-state index contributed by atoms with van der Waals surface area (Å²) in [5.41, 5.74) is 3.65. The first-order chi connectivity index (χ1) is 15.7. The molecule has 1 aromatic heterocycles. The molecule has 0 bridgehead atoms. The first-order valence-corrected chi connectivity index (χ1v) is 12.3. The second-order valence-electron chi connectivity index (χ2n) is 8.20. The number of piperidine rings is 1. The lowest BCUT2D eigenvalue weighted by Gasteiger charge is -2.30. The number of nitrogens with zero attached hydrogens (tertiary/aromatic N) is 3. The van der Waals surface area contributed by atoms with Crippen LogP contribution in [0.25, 0.3) is 11.4 Å². The number of benzene rings is 2. The first kappa shape index (κ1) is 22.6. The molecule has 168 valence electrons. The molecular formula is C25H30N4O2S. The number of carbonyl (C=O) groups excluding carboxylic acids is 1. The minimum atomic E-state index is 0.0928. The molecule has 1 saturated heterocycles. The van der Waals surface area contributed by atoms with Gasteiger partial charge in [0, 0.05) is 29.5 Å². The van der Waals surface area contributed by atoms with E-state index in [0.717, 1.165) is 49.5 Å². The van der Waals surface area contributed by atoms with E-state index in [9.17, 15) is 4.79 Å². The van der Waals surface area contributed by atoms with Gasteiger partial charge in [-0.1, -0.05) is 59.8 Å². The van der Waals surface area contributed by atoms with Gasteiger partial charge < -0.3 is 9.84 Å². The number of rotatable bonds is 9. The number of amides is 1. The SMILES string of the molecule is Cc1ccccc1CSCCNC(=O)C1CCN(Cc2nc(-c3ccccc3)no2)CC1. The van der Waals surface area contributed by atoms with E-state index in [4.69, 9.17) is 4.52 Å². The van der Waals surface area contributed by atoms with E-state index in [0.29, 0.717) is 18.3 Å². The van der Waals surface area contributed by atoms with Crippen molar-refractivity contribution in [3.63, 3.8) is 0 Å². The Morgan fingerprint density at radius 3 is 2.66 bits per heavy atom. The van der Waals surface area contributed by atoms with E-state index >= 15 is 0 Å². The fourth-order valence-corrected chi connectivity index (χ4v) is 4.85. The molecule has 4 rings (SSSR count). The lowest BCUT2D eigenvalue weighted by Crippen LogP contribution is -2.40. The molecule has 0 atom stereocenters. The largest absolute Gasteiger partial charge is 0.355 e. The second kappa shape index (κ2) is 11.3. The number of hydrogen-bond donors (Lipinski definition) is 1. The van der Waals surface area contributed by atoms with Crippen molar-refractivity contribution < 1.29 is 9.32 Å². The van der Waals surface area contributed by atoms with Crippen LogP contribution in [0.15, 0.2) is 59.1 Å². The Kier molecular flexibility index (Phi) is 7.96. The maximum atomic E-state index is 12.5. The van der Waals surface area contributed by atoms with Crippen molar-refractivity contribution in [3.05, 3.63) is 71.6 Å². The van der Waals surface area contributed by atoms with Crippen molar-refractivity contribution in [2.45, 2.75) is 32.1 Å². The van der Waals surface area contributed by atoms with Gasteiger partial charge in [0.05, 0.1) is 6.54 Å². The number of hydrogen-bond acceptors (Lipinski definition) is 6. The average Bonchev–Trinajstić information content (AvgIpc) is 3.29. The van der Waals surface area contributed by atoms with Crippen LogP contribution in [-0.2, 0) is 17.1 Å². The Morgan fingerprint density at radius 1 is 1.12 bits per heavy atom. The predicted molar refractivity (Wildman–Crippen MR) is 128 cm³/mol. The average molecular weight is 451 g/mol. The molecule has 0 saturated carbocycles. The van der Waals surface area contributed by atoms with Crippen LogP contribution in [0.2, 0.25) is 0 Å². The van der Waals surface area contributed by atoms with Crippen LogP contribution in [0.5, 0.6) is 0 Å². The number of carbonyl (C=O) groups is 1. The Balaban J connectivity index is 1.14. The summed E-state index contributed by atoms with van der Waals surface area (Å²) in [5, 5.41) is 7.21. The summed E-state index contributed by atoms with van der Waals surface area (Å²) < 4.78 is 5.43. The van der Waals surface area contributed by atoms with Crippen molar-refractivity contribution in [2.75, 3.05) is 25.4 Å². The molecule has 1 fully saturated rings. The van der Waals surface area contributed by atoms with Crippen LogP contribution in [0.4, 0.5) is 0 Å². The van der Waals surface area contributed by atoms with Gasteiger partial charge in [-0.25, -0.2) is 0 Å². The van der Waals surface area contributed by atoms with Crippen molar-refractivity contribution in [1.29, 1.82) is 0 Å². The van der Waals surface area contributed by atoms with Crippen LogP contribution in [0.3, 0.4) is 0 Å². The van der Waals surface area contributed by atoms with Crippen molar-refractivity contribution >= 4 is 17.7 Å². The maximum absolute atomic E-state index is 12.5. The fourth-order valence-electron chi connectivity index (χ4n) is 3.91. The van der Waals surface area contributed by atoms with E-state index in [2.05, 4.69) is 51.5 Å². The summed E-state index contributed by atoms with van der Waals surface area (Å²) in [6.45, 7) is 5.22. The van der Waals surface area contributed by atoms with Gasteiger partial charge in [0.15, 0.2) is 0 Å². The Morgan fingerprint density at radius 2 is 1.88 bits per heavy atom. The van der Waals surface area contributed by atoms with Crippen molar-refractivity contribution in [1.82, 2.24) is 20.4 Å². The number of aromatic nitrogens is 2. The van der Waals surface area contributed by atoms with Gasteiger partial charge >= 0.3 is 0 Å². The minimum absolute atomic E-state index is 0.0928. The van der Waals surface area contributed by atoms with Gasteiger partial charge in [-0.05, 0) is 44.0 Å². The lowest BCUT2D eigenvalue weighted by molar-refractivity contribution is -0.126. The molecule has 3 aromatic rings. The van der Waals surface area contributed by atoms with Crippen molar-refractivity contribution in [3.8, 4) is 11.4 Å². The quantitative estimate of drug-likeness (QED) is 0.490. The molecule has 7 heteroatoms. The maximum Gasteiger partial charge on any atom is 0.241 e. The molecular weight excluding hydrogens is 420 g/mol. The highest BCUT2D eigenvalue weighted by molar-refractivity contribution is 7.98. The van der Waals surface area contributed by atoms with E-state index in [-0.39, 0.29) is 11.8 Å². The van der Waals surface area contributed by atoms with E-state index in [1.807, 2.05) is 42.1 Å². The van der Waals surface area contributed by atoms with Gasteiger partial charge in [0.25, 0.3) is 0 Å². The zero-order valence-electron chi connectivity index (χ0n) is 18.5. The number of aryl methyl sites for hydroxylation is 1. The second-order valence-corrected chi connectivity index (χ2v) is 9.30. The third-order valence-corrected chi connectivity index (χ3v) is 6.89. The van der Waals surface area contributed by atoms with Gasteiger partial charge in [-0.3, -0.25) is 9.69 Å². The van der Waals surface area contributed by atoms with Crippen LogP contribution >= 0.6 is 11.8 Å². The third-order valence-electron chi connectivity index (χ3n) is 5.88. The highest BCUT2D eigenvalue weighted by Crippen LogP contribution is 2.21. The number of likely N-dealkylation sites (tertiary alicyclic amines) is 1. The number of thioether (sulfide) groups is 1. The molecule has 1 aliphatic heterocycles. The monoisotopic (exact) mass is 450 g/mol. The molecule has 2 heterocycles. The van der Waals surface area contributed by atoms with Crippen LogP contribution in [0, 0.1) is 12.8 Å². The summed E-state index contributed by atoms with van der Waals surface area (Å²) in [5.74, 6) is 3.44. The van der Waals surface area contributed by atoms with Gasteiger partial charge in [0.2, 0.25) is 17.6 Å². The Bertz CT molecular complexity index is 1000. The summed E-state index contributed by atoms with van der Waals surface area (Å²) in [4.78, 5) is 19.3. The van der Waals surface area contributed by atoms with Crippen molar-refractivity contribution in [2.24, 2.45) is 5.92 Å². The Hall–Kier alpha value is -2.64. The summed E-state index contributed by atoms with van der Waals surface area (Å²) in [7, 11) is 0. The topological polar surface area (TPSA) is 71.3 Å². The van der Waals surface area contributed by atoms with E-state index in [1.54, 1.807) is 0 Å². The van der Waals surface area contributed by atoms with Crippen LogP contribution in [0.1, 0.15) is 29.9 Å². The molecule has 2 aromatic carbocycles. The molecule has 1 N–H and O–H groups in total. The molecule has 0 spiro atoms. The summed E-state index contributed by atoms with van der Waals surface area (Å²) in [6.07, 6.45) is 1.73. The predicted octanol–water partition coefficient (Wildman–Crippen LogP) is 4.31. The van der Waals surface area contributed by atoms with E-state index in [1.165, 1.54) is 11.1 Å². The van der Waals surface area contributed by atoms with Gasteiger partial charge in [-0.15, -0.1) is 0 Å². The summed E-state index contributed by atoms with van der Waals surface area (Å²) in [6, 6.07) is 18.3. The van der Waals surface area contributed by atoms with Crippen LogP contribution in [-0.4, -0.2) is 46.3 Å². The summed E-state index contributed by atoms with van der Waals surface area (Å²) >= 11 is 1.86. The molecule has 1 aliphatic rings. The molecule has 0 radical (unpaired) electrons. The first-order valence-electron chi connectivity index (χ1n) is 11.2. The highest BCUT2D eigenvalue weighted by Gasteiger charge is 2.25. The van der Waals surface area contributed by atoms with Gasteiger partial charge in [-0.2, -0.15) is 16.7 Å². The van der Waals surface area contributed by atoms with Gasteiger partial charge in [0.1, 0.15) is 0 Å². The number of nitrogens with one attached hydrogen (secondary N) is 1. The molecule has 0 unspecified atom stereocenters. The van der Waals surface area contributed by atoms with E-state index < -0.39 is 0 Å². The zero-order chi connectivity index (χ0) is 22.2. The fraction of sp³-hybridized carbons (Fsp3) is 0.400. The zero-order valence-corrected chi connectivity index (χ0v) is 19.3. The molecule has 6 nitrogen and oxygen atoms in total. The normalized spacial score (nSPS) is 15.0. The van der Waals surface area contributed by atoms with Crippen LogP contribution < -0.4 is 5.32 Å². The molecule has 1 amide bonds. The Labute approximate surface area is 193 Å². The third kappa shape index (κ3) is 6.20. The smallest absolute Gasteiger partial charge is 0.241 e. The minimum Gasteiger partial charge on any atom is -0.355 e. The highest BCUT2D eigenvalue weighted by atomic mass is 32.2.